The first-order valence-corrected chi connectivity index (χ1v) is 14.3. The molecule has 3 rings (SSSR count). The van der Waals surface area contributed by atoms with Crippen LogP contribution in [0.2, 0.25) is 0 Å². The molecule has 1 saturated heterocycles. The van der Waals surface area contributed by atoms with Crippen LogP contribution in [0.25, 0.3) is 0 Å². The van der Waals surface area contributed by atoms with Crippen LogP contribution in [0.3, 0.4) is 0 Å². The molecule has 0 radical (unpaired) electrons. The molecule has 0 spiro atoms. The Balaban J connectivity index is 1.83. The van der Waals surface area contributed by atoms with E-state index < -0.39 is 20.0 Å². The molecule has 2 aromatic carbocycles. The highest BCUT2D eigenvalue weighted by molar-refractivity contribution is 7.92. The van der Waals surface area contributed by atoms with Crippen LogP contribution in [0.4, 0.5) is 5.69 Å². The Morgan fingerprint density at radius 2 is 1.73 bits per heavy atom. The van der Waals surface area contributed by atoms with Gasteiger partial charge in [0.2, 0.25) is 20.0 Å². The standard InChI is InChI=1S/C23H33N3O5S2/c1-4-32(27,28)25-19-12-13-23(18(2)16-19)33(29,30)24-17-21(26-14-8-5-9-15-26)20-10-6-7-11-22(20)31-3/h6-7,10-13,16,21,24-25H,4-5,8-9,14-15,17H2,1-3H3/t21-/m0/s1. The van der Waals surface area contributed by atoms with Crippen molar-refractivity contribution in [1.82, 2.24) is 9.62 Å². The van der Waals surface area contributed by atoms with Crippen LogP contribution in [-0.4, -0.2) is 54.2 Å². The summed E-state index contributed by atoms with van der Waals surface area (Å²) in [5, 5.41) is 0. The molecule has 182 valence electrons. The number of likely N-dealkylation sites (tertiary alicyclic amines) is 1. The van der Waals surface area contributed by atoms with Gasteiger partial charge in [-0.1, -0.05) is 24.6 Å². The largest absolute Gasteiger partial charge is 0.496 e. The minimum absolute atomic E-state index is 0.0610. The van der Waals surface area contributed by atoms with Gasteiger partial charge in [0, 0.05) is 17.8 Å². The molecule has 2 N–H and O–H groups in total. The van der Waals surface area contributed by atoms with Crippen LogP contribution < -0.4 is 14.2 Å². The SMILES string of the molecule is CCS(=O)(=O)Nc1ccc(S(=O)(=O)NC[C@@H](c2ccccc2OC)N2CCCCC2)c(C)c1. The maximum atomic E-state index is 13.2. The Labute approximate surface area is 197 Å². The van der Waals surface area contributed by atoms with Gasteiger partial charge in [-0.05, 0) is 69.6 Å². The Morgan fingerprint density at radius 3 is 2.36 bits per heavy atom. The van der Waals surface area contributed by atoms with E-state index >= 15 is 0 Å². The molecule has 0 bridgehead atoms. The predicted octanol–water partition coefficient (Wildman–Crippen LogP) is 3.27. The van der Waals surface area contributed by atoms with Gasteiger partial charge in [0.1, 0.15) is 5.75 Å². The summed E-state index contributed by atoms with van der Waals surface area (Å²) in [6.45, 7) is 5.19. The first-order chi connectivity index (χ1) is 15.7. The second-order valence-electron chi connectivity index (χ2n) is 8.19. The van der Waals surface area contributed by atoms with E-state index in [1.165, 1.54) is 24.6 Å². The van der Waals surface area contributed by atoms with Gasteiger partial charge in [0.05, 0.1) is 23.8 Å². The average molecular weight is 496 g/mol. The number of ether oxygens (including phenoxy) is 1. The molecule has 2 aromatic rings. The zero-order valence-electron chi connectivity index (χ0n) is 19.4. The lowest BCUT2D eigenvalue weighted by Crippen LogP contribution is -2.40. The fourth-order valence-electron chi connectivity index (χ4n) is 4.14. The molecule has 1 aliphatic rings. The van der Waals surface area contributed by atoms with Crippen molar-refractivity contribution in [2.24, 2.45) is 0 Å². The van der Waals surface area contributed by atoms with E-state index in [9.17, 15) is 16.8 Å². The number of hydrogen-bond donors (Lipinski definition) is 2. The quantitative estimate of drug-likeness (QED) is 0.524. The highest BCUT2D eigenvalue weighted by atomic mass is 32.2. The maximum absolute atomic E-state index is 13.2. The third-order valence-electron chi connectivity index (χ3n) is 5.91. The molecular weight excluding hydrogens is 462 g/mol. The number of aryl methyl sites for hydroxylation is 1. The van der Waals surface area contributed by atoms with Crippen LogP contribution in [-0.2, 0) is 20.0 Å². The minimum atomic E-state index is -3.81. The summed E-state index contributed by atoms with van der Waals surface area (Å²) in [4.78, 5) is 2.43. The van der Waals surface area contributed by atoms with Gasteiger partial charge in [-0.15, -0.1) is 0 Å². The highest BCUT2D eigenvalue weighted by Gasteiger charge is 2.27. The van der Waals surface area contributed by atoms with E-state index in [4.69, 9.17) is 4.74 Å². The second-order valence-corrected chi connectivity index (χ2v) is 11.9. The van der Waals surface area contributed by atoms with Crippen molar-refractivity contribution in [3.63, 3.8) is 0 Å². The maximum Gasteiger partial charge on any atom is 0.240 e. The van der Waals surface area contributed by atoms with E-state index in [1.807, 2.05) is 24.3 Å². The molecule has 0 amide bonds. The van der Waals surface area contributed by atoms with Crippen molar-refractivity contribution in [2.75, 3.05) is 37.2 Å². The lowest BCUT2D eigenvalue weighted by molar-refractivity contribution is 0.162. The van der Waals surface area contributed by atoms with Crippen LogP contribution in [0.5, 0.6) is 5.75 Å². The zero-order chi connectivity index (χ0) is 24.1. The summed E-state index contributed by atoms with van der Waals surface area (Å²) in [7, 11) is -5.64. The van der Waals surface area contributed by atoms with Crippen molar-refractivity contribution in [3.05, 3.63) is 53.6 Å². The first kappa shape index (κ1) is 25.5. The molecule has 10 heteroatoms. The topological polar surface area (TPSA) is 105 Å². The smallest absolute Gasteiger partial charge is 0.240 e. The predicted molar refractivity (Wildman–Crippen MR) is 131 cm³/mol. The number of nitrogens with zero attached hydrogens (tertiary/aromatic N) is 1. The van der Waals surface area contributed by atoms with Gasteiger partial charge >= 0.3 is 0 Å². The van der Waals surface area contributed by atoms with E-state index in [1.54, 1.807) is 21.0 Å². The van der Waals surface area contributed by atoms with Crippen LogP contribution in [0.1, 0.15) is 43.4 Å². The molecule has 1 fully saturated rings. The summed E-state index contributed by atoms with van der Waals surface area (Å²) in [5.41, 5.74) is 1.75. The molecule has 8 nitrogen and oxygen atoms in total. The lowest BCUT2D eigenvalue weighted by Gasteiger charge is -2.35. The summed E-state index contributed by atoms with van der Waals surface area (Å²) in [6, 6.07) is 12.0. The van der Waals surface area contributed by atoms with Gasteiger partial charge in [0.25, 0.3) is 0 Å². The van der Waals surface area contributed by atoms with Gasteiger partial charge in [-0.2, -0.15) is 0 Å². The molecule has 33 heavy (non-hydrogen) atoms. The summed E-state index contributed by atoms with van der Waals surface area (Å²) in [5.74, 6) is 0.671. The normalized spacial score (nSPS) is 16.3. The number of benzene rings is 2. The van der Waals surface area contributed by atoms with Gasteiger partial charge in [0.15, 0.2) is 0 Å². The second kappa shape index (κ2) is 10.9. The number of piperidine rings is 1. The Bertz CT molecular complexity index is 1160. The minimum Gasteiger partial charge on any atom is -0.496 e. The monoisotopic (exact) mass is 495 g/mol. The van der Waals surface area contributed by atoms with Crippen LogP contribution in [0.15, 0.2) is 47.4 Å². The molecule has 1 atom stereocenters. The average Bonchev–Trinajstić information content (AvgIpc) is 2.80. The van der Waals surface area contributed by atoms with Crippen LogP contribution >= 0.6 is 0 Å². The molecule has 0 aliphatic carbocycles. The summed E-state index contributed by atoms with van der Waals surface area (Å²) in [6.07, 6.45) is 3.33. The molecule has 1 heterocycles. The number of rotatable bonds is 10. The number of methoxy groups -OCH3 is 1. The molecule has 1 aliphatic heterocycles. The van der Waals surface area contributed by atoms with Crippen molar-refractivity contribution < 1.29 is 21.6 Å². The van der Waals surface area contributed by atoms with Gasteiger partial charge < -0.3 is 4.74 Å². The molecular formula is C23H33N3O5S2. The Morgan fingerprint density at radius 1 is 1.03 bits per heavy atom. The third-order valence-corrected chi connectivity index (χ3v) is 8.80. The van der Waals surface area contributed by atoms with Crippen LogP contribution in [0, 0.1) is 6.92 Å². The van der Waals surface area contributed by atoms with Gasteiger partial charge in [-0.3, -0.25) is 9.62 Å². The van der Waals surface area contributed by atoms with Crippen molar-refractivity contribution in [1.29, 1.82) is 0 Å². The van der Waals surface area contributed by atoms with Crippen molar-refractivity contribution >= 4 is 25.7 Å². The fourth-order valence-corrected chi connectivity index (χ4v) is 6.03. The molecule has 0 unspecified atom stereocenters. The van der Waals surface area contributed by atoms with Crippen molar-refractivity contribution in [2.45, 2.75) is 44.0 Å². The zero-order valence-corrected chi connectivity index (χ0v) is 21.0. The molecule has 0 saturated carbocycles. The van der Waals surface area contributed by atoms with E-state index in [0.29, 0.717) is 11.3 Å². The Kier molecular flexibility index (Phi) is 8.38. The van der Waals surface area contributed by atoms with E-state index in [0.717, 1.165) is 37.2 Å². The number of sulfonamides is 2. The Hall–Kier alpha value is -2.14. The van der Waals surface area contributed by atoms with E-state index in [-0.39, 0.29) is 23.2 Å². The van der Waals surface area contributed by atoms with Crippen molar-refractivity contribution in [3.8, 4) is 5.75 Å². The number of para-hydroxylation sites is 1. The fraction of sp³-hybridized carbons (Fsp3) is 0.478. The number of nitrogens with one attached hydrogen (secondary N) is 2. The van der Waals surface area contributed by atoms with E-state index in [2.05, 4.69) is 14.3 Å². The van der Waals surface area contributed by atoms with Gasteiger partial charge in [-0.25, -0.2) is 21.6 Å². The number of anilines is 1. The highest BCUT2D eigenvalue weighted by Crippen LogP contribution is 2.31. The first-order valence-electron chi connectivity index (χ1n) is 11.1. The number of hydrogen-bond acceptors (Lipinski definition) is 6. The lowest BCUT2D eigenvalue weighted by atomic mass is 10.0. The third kappa shape index (κ3) is 6.47. The molecule has 0 aromatic heterocycles. The summed E-state index contributed by atoms with van der Waals surface area (Å²) >= 11 is 0. The summed E-state index contributed by atoms with van der Waals surface area (Å²) < 4.78 is 60.8.